The van der Waals surface area contributed by atoms with Crippen LogP contribution in [0.15, 0.2) is 48.5 Å². The molecule has 0 saturated heterocycles. The molecule has 0 saturated carbocycles. The average molecular weight is 310 g/mol. The van der Waals surface area contributed by atoms with Gasteiger partial charge in [0, 0.05) is 0 Å². The molecule has 0 bridgehead atoms. The molecule has 1 unspecified atom stereocenters. The van der Waals surface area contributed by atoms with Crippen LogP contribution >= 0.6 is 23.2 Å². The van der Waals surface area contributed by atoms with E-state index >= 15 is 0 Å². The largest absolute Gasteiger partial charge is 0.394 e. The van der Waals surface area contributed by atoms with Crippen LogP contribution in [0.1, 0.15) is 22.0 Å². The SMILES string of the molecule is O=C(NC(CO)c1ccccc1)c1c(Cl)cccc1Cl. The Hall–Kier alpha value is -1.55. The van der Waals surface area contributed by atoms with Crippen LogP contribution in [0.4, 0.5) is 0 Å². The lowest BCUT2D eigenvalue weighted by Crippen LogP contribution is -2.31. The highest BCUT2D eigenvalue weighted by Gasteiger charge is 2.19. The highest BCUT2D eigenvalue weighted by Crippen LogP contribution is 2.25. The molecule has 0 spiro atoms. The molecule has 5 heteroatoms. The van der Waals surface area contributed by atoms with Crippen LogP contribution in [0.2, 0.25) is 10.0 Å². The van der Waals surface area contributed by atoms with Gasteiger partial charge >= 0.3 is 0 Å². The summed E-state index contributed by atoms with van der Waals surface area (Å²) in [5.41, 5.74) is 1.02. The minimum absolute atomic E-state index is 0.210. The number of rotatable bonds is 4. The van der Waals surface area contributed by atoms with Gasteiger partial charge in [0.05, 0.1) is 28.3 Å². The molecule has 2 aromatic rings. The van der Waals surface area contributed by atoms with E-state index in [-0.39, 0.29) is 22.2 Å². The van der Waals surface area contributed by atoms with Crippen LogP contribution in [0, 0.1) is 0 Å². The molecule has 104 valence electrons. The highest BCUT2D eigenvalue weighted by molar-refractivity contribution is 6.39. The van der Waals surface area contributed by atoms with Crippen molar-refractivity contribution in [1.82, 2.24) is 5.32 Å². The Kier molecular flexibility index (Phi) is 5.01. The quantitative estimate of drug-likeness (QED) is 0.908. The maximum absolute atomic E-state index is 12.2. The summed E-state index contributed by atoms with van der Waals surface area (Å²) in [5.74, 6) is -0.413. The molecular formula is C15H13Cl2NO2. The van der Waals surface area contributed by atoms with Crippen molar-refractivity contribution >= 4 is 29.1 Å². The van der Waals surface area contributed by atoms with E-state index in [2.05, 4.69) is 5.32 Å². The topological polar surface area (TPSA) is 49.3 Å². The third-order valence-corrected chi connectivity index (χ3v) is 3.51. The zero-order chi connectivity index (χ0) is 14.5. The number of aliphatic hydroxyl groups excluding tert-OH is 1. The predicted octanol–water partition coefficient (Wildman–Crippen LogP) is 3.46. The van der Waals surface area contributed by atoms with Crippen molar-refractivity contribution in [2.24, 2.45) is 0 Å². The molecule has 1 amide bonds. The summed E-state index contributed by atoms with van der Waals surface area (Å²) in [7, 11) is 0. The molecule has 2 rings (SSSR count). The third-order valence-electron chi connectivity index (χ3n) is 2.88. The Bertz CT molecular complexity index is 582. The summed E-state index contributed by atoms with van der Waals surface area (Å²) in [5, 5.41) is 12.7. The molecular weight excluding hydrogens is 297 g/mol. The summed E-state index contributed by atoms with van der Waals surface area (Å²) < 4.78 is 0. The van der Waals surface area contributed by atoms with Crippen molar-refractivity contribution in [3.05, 3.63) is 69.7 Å². The lowest BCUT2D eigenvalue weighted by Gasteiger charge is -2.17. The first-order chi connectivity index (χ1) is 9.63. The molecule has 3 nitrogen and oxygen atoms in total. The van der Waals surface area contributed by atoms with Crippen molar-refractivity contribution in [2.75, 3.05) is 6.61 Å². The maximum Gasteiger partial charge on any atom is 0.254 e. The minimum Gasteiger partial charge on any atom is -0.394 e. The first-order valence-electron chi connectivity index (χ1n) is 6.04. The molecule has 0 aliphatic rings. The second-order valence-electron chi connectivity index (χ2n) is 4.22. The van der Waals surface area contributed by atoms with E-state index in [1.165, 1.54) is 0 Å². The summed E-state index contributed by atoms with van der Waals surface area (Å²) in [6.07, 6.45) is 0. The minimum atomic E-state index is -0.504. The first kappa shape index (κ1) is 14.9. The number of carbonyl (C=O) groups is 1. The van der Waals surface area contributed by atoms with Crippen LogP contribution in [0.25, 0.3) is 0 Å². The summed E-state index contributed by atoms with van der Waals surface area (Å²) in [4.78, 5) is 12.2. The Labute approximate surface area is 127 Å². The zero-order valence-corrected chi connectivity index (χ0v) is 12.0. The number of amides is 1. The first-order valence-corrected chi connectivity index (χ1v) is 6.79. The van der Waals surface area contributed by atoms with E-state index in [4.69, 9.17) is 23.2 Å². The maximum atomic E-state index is 12.2. The van der Waals surface area contributed by atoms with Crippen LogP contribution < -0.4 is 5.32 Å². The number of hydrogen-bond acceptors (Lipinski definition) is 2. The fourth-order valence-corrected chi connectivity index (χ4v) is 2.43. The molecule has 0 heterocycles. The lowest BCUT2D eigenvalue weighted by atomic mass is 10.1. The van der Waals surface area contributed by atoms with E-state index in [9.17, 15) is 9.90 Å². The average Bonchev–Trinajstić information content (AvgIpc) is 2.45. The van der Waals surface area contributed by atoms with Gasteiger partial charge in [0.25, 0.3) is 5.91 Å². The van der Waals surface area contributed by atoms with Gasteiger partial charge in [0.2, 0.25) is 0 Å². The van der Waals surface area contributed by atoms with Gasteiger partial charge in [-0.15, -0.1) is 0 Å². The monoisotopic (exact) mass is 309 g/mol. The molecule has 2 N–H and O–H groups in total. The van der Waals surface area contributed by atoms with Crippen LogP contribution in [0.5, 0.6) is 0 Å². The fraction of sp³-hybridized carbons (Fsp3) is 0.133. The summed E-state index contributed by atoms with van der Waals surface area (Å²) >= 11 is 12.0. The van der Waals surface area contributed by atoms with Crippen molar-refractivity contribution in [3.63, 3.8) is 0 Å². The van der Waals surface area contributed by atoms with Crippen LogP contribution in [0.3, 0.4) is 0 Å². The molecule has 0 radical (unpaired) electrons. The lowest BCUT2D eigenvalue weighted by molar-refractivity contribution is 0.0916. The van der Waals surface area contributed by atoms with E-state index in [1.807, 2.05) is 30.3 Å². The second kappa shape index (κ2) is 6.75. The normalized spacial score (nSPS) is 11.9. The number of aliphatic hydroxyl groups is 1. The van der Waals surface area contributed by atoms with Gasteiger partial charge in [0.1, 0.15) is 0 Å². The molecule has 20 heavy (non-hydrogen) atoms. The fourth-order valence-electron chi connectivity index (χ4n) is 1.86. The number of nitrogens with one attached hydrogen (secondary N) is 1. The van der Waals surface area contributed by atoms with E-state index in [1.54, 1.807) is 18.2 Å². The smallest absolute Gasteiger partial charge is 0.254 e. The third kappa shape index (κ3) is 3.31. The molecule has 1 atom stereocenters. The van der Waals surface area contributed by atoms with Gasteiger partial charge in [-0.25, -0.2) is 0 Å². The van der Waals surface area contributed by atoms with Crippen molar-refractivity contribution in [3.8, 4) is 0 Å². The van der Waals surface area contributed by atoms with Gasteiger partial charge < -0.3 is 10.4 Å². The Morgan fingerprint density at radius 1 is 1.05 bits per heavy atom. The Morgan fingerprint density at radius 2 is 1.65 bits per heavy atom. The molecule has 0 aromatic heterocycles. The van der Waals surface area contributed by atoms with Crippen LogP contribution in [-0.2, 0) is 0 Å². The second-order valence-corrected chi connectivity index (χ2v) is 5.03. The van der Waals surface area contributed by atoms with Crippen molar-refractivity contribution < 1.29 is 9.90 Å². The standard InChI is InChI=1S/C15H13Cl2NO2/c16-11-7-4-8-12(17)14(11)15(20)18-13(9-19)10-5-2-1-3-6-10/h1-8,13,19H,9H2,(H,18,20). The van der Waals surface area contributed by atoms with Gasteiger partial charge in [-0.1, -0.05) is 59.6 Å². The zero-order valence-electron chi connectivity index (χ0n) is 10.5. The van der Waals surface area contributed by atoms with Crippen molar-refractivity contribution in [1.29, 1.82) is 0 Å². The molecule has 2 aromatic carbocycles. The van der Waals surface area contributed by atoms with Gasteiger partial charge in [0.15, 0.2) is 0 Å². The number of halogens is 2. The molecule has 0 aliphatic heterocycles. The number of benzene rings is 2. The summed E-state index contributed by atoms with van der Waals surface area (Å²) in [6.45, 7) is -0.210. The Balaban J connectivity index is 2.22. The number of carbonyl (C=O) groups excluding carboxylic acids is 1. The van der Waals surface area contributed by atoms with E-state index in [0.29, 0.717) is 0 Å². The van der Waals surface area contributed by atoms with Crippen LogP contribution in [-0.4, -0.2) is 17.6 Å². The van der Waals surface area contributed by atoms with Gasteiger partial charge in [-0.3, -0.25) is 4.79 Å². The van der Waals surface area contributed by atoms with E-state index < -0.39 is 11.9 Å². The molecule has 0 fully saturated rings. The molecule has 0 aliphatic carbocycles. The Morgan fingerprint density at radius 3 is 2.20 bits per heavy atom. The van der Waals surface area contributed by atoms with Gasteiger partial charge in [-0.2, -0.15) is 0 Å². The highest BCUT2D eigenvalue weighted by atomic mass is 35.5. The van der Waals surface area contributed by atoms with Gasteiger partial charge in [-0.05, 0) is 17.7 Å². The van der Waals surface area contributed by atoms with E-state index in [0.717, 1.165) is 5.56 Å². The predicted molar refractivity (Wildman–Crippen MR) is 80.2 cm³/mol. The van der Waals surface area contributed by atoms with Crippen molar-refractivity contribution in [2.45, 2.75) is 6.04 Å². The number of hydrogen-bond donors (Lipinski definition) is 2. The summed E-state index contributed by atoms with van der Waals surface area (Å²) in [6, 6.07) is 13.6.